The SMILES string of the molecule is CCc1ccc(OCC(=O)NCc2nc(-c3ccc(OC)cc3OC)no2)cc1. The van der Waals surface area contributed by atoms with Gasteiger partial charge in [-0.05, 0) is 36.2 Å². The summed E-state index contributed by atoms with van der Waals surface area (Å²) in [6.45, 7) is 2.08. The molecule has 3 aromatic rings. The molecule has 1 heterocycles. The minimum absolute atomic E-state index is 0.0984. The van der Waals surface area contributed by atoms with E-state index in [4.69, 9.17) is 18.7 Å². The Balaban J connectivity index is 1.54. The average molecular weight is 397 g/mol. The average Bonchev–Trinajstić information content (AvgIpc) is 3.25. The molecule has 0 radical (unpaired) electrons. The van der Waals surface area contributed by atoms with Crippen LogP contribution in [0.5, 0.6) is 17.2 Å². The van der Waals surface area contributed by atoms with Gasteiger partial charge in [-0.1, -0.05) is 24.2 Å². The first-order chi connectivity index (χ1) is 14.1. The lowest BCUT2D eigenvalue weighted by Gasteiger charge is -2.07. The van der Waals surface area contributed by atoms with Crippen molar-refractivity contribution in [2.45, 2.75) is 19.9 Å². The van der Waals surface area contributed by atoms with E-state index < -0.39 is 0 Å². The van der Waals surface area contributed by atoms with Gasteiger partial charge in [0.2, 0.25) is 11.7 Å². The van der Waals surface area contributed by atoms with Crippen molar-refractivity contribution in [2.75, 3.05) is 20.8 Å². The van der Waals surface area contributed by atoms with Crippen molar-refractivity contribution in [2.24, 2.45) is 0 Å². The summed E-state index contributed by atoms with van der Waals surface area (Å²) in [5, 5.41) is 6.64. The van der Waals surface area contributed by atoms with Crippen molar-refractivity contribution in [3.8, 4) is 28.6 Å². The Morgan fingerprint density at radius 1 is 1.07 bits per heavy atom. The molecule has 29 heavy (non-hydrogen) atoms. The second-order valence-corrected chi connectivity index (χ2v) is 6.14. The molecule has 0 atom stereocenters. The molecule has 8 nitrogen and oxygen atoms in total. The number of methoxy groups -OCH3 is 2. The molecule has 0 fully saturated rings. The first-order valence-electron chi connectivity index (χ1n) is 9.16. The summed E-state index contributed by atoms with van der Waals surface area (Å²) < 4.78 is 21.2. The van der Waals surface area contributed by atoms with Gasteiger partial charge in [0.15, 0.2) is 6.61 Å². The van der Waals surface area contributed by atoms with E-state index in [1.54, 1.807) is 32.4 Å². The van der Waals surface area contributed by atoms with Crippen molar-refractivity contribution < 1.29 is 23.5 Å². The Kier molecular flexibility index (Phi) is 6.67. The fourth-order valence-corrected chi connectivity index (χ4v) is 2.61. The van der Waals surface area contributed by atoms with Crippen molar-refractivity contribution in [3.63, 3.8) is 0 Å². The topological polar surface area (TPSA) is 95.7 Å². The second kappa shape index (κ2) is 9.59. The van der Waals surface area contributed by atoms with Gasteiger partial charge in [-0.15, -0.1) is 0 Å². The lowest BCUT2D eigenvalue weighted by atomic mass is 10.2. The molecular formula is C21H23N3O5. The number of aryl methyl sites for hydroxylation is 1. The van der Waals surface area contributed by atoms with Crippen LogP contribution in [0.15, 0.2) is 47.0 Å². The fraction of sp³-hybridized carbons (Fsp3) is 0.286. The highest BCUT2D eigenvalue weighted by Gasteiger charge is 2.15. The van der Waals surface area contributed by atoms with Gasteiger partial charge < -0.3 is 24.1 Å². The largest absolute Gasteiger partial charge is 0.497 e. The maximum Gasteiger partial charge on any atom is 0.258 e. The van der Waals surface area contributed by atoms with E-state index in [0.717, 1.165) is 6.42 Å². The van der Waals surface area contributed by atoms with Gasteiger partial charge in [0.1, 0.15) is 17.2 Å². The molecule has 0 bridgehead atoms. The quantitative estimate of drug-likeness (QED) is 0.593. The number of hydrogen-bond donors (Lipinski definition) is 1. The van der Waals surface area contributed by atoms with Crippen molar-refractivity contribution >= 4 is 5.91 Å². The number of aromatic nitrogens is 2. The molecular weight excluding hydrogens is 374 g/mol. The van der Waals surface area contributed by atoms with E-state index in [2.05, 4.69) is 22.4 Å². The normalized spacial score (nSPS) is 10.4. The van der Waals surface area contributed by atoms with E-state index in [1.807, 2.05) is 24.3 Å². The Morgan fingerprint density at radius 3 is 2.52 bits per heavy atom. The molecule has 0 spiro atoms. The molecule has 0 saturated carbocycles. The summed E-state index contributed by atoms with van der Waals surface area (Å²) in [5.41, 5.74) is 1.87. The lowest BCUT2D eigenvalue weighted by molar-refractivity contribution is -0.123. The molecule has 1 amide bonds. The third kappa shape index (κ3) is 5.25. The summed E-state index contributed by atoms with van der Waals surface area (Å²) in [5.74, 6) is 2.21. The van der Waals surface area contributed by atoms with Crippen LogP contribution in [0.2, 0.25) is 0 Å². The Morgan fingerprint density at radius 2 is 1.83 bits per heavy atom. The Labute approximate surface area is 168 Å². The van der Waals surface area contributed by atoms with Gasteiger partial charge in [0.05, 0.1) is 26.3 Å². The van der Waals surface area contributed by atoms with E-state index >= 15 is 0 Å². The second-order valence-electron chi connectivity index (χ2n) is 6.14. The predicted octanol–water partition coefficient (Wildman–Crippen LogP) is 3.01. The zero-order valence-corrected chi connectivity index (χ0v) is 16.6. The lowest BCUT2D eigenvalue weighted by Crippen LogP contribution is -2.28. The molecule has 1 aromatic heterocycles. The summed E-state index contributed by atoms with van der Waals surface area (Å²) in [7, 11) is 3.13. The molecule has 0 aliphatic carbocycles. The highest BCUT2D eigenvalue weighted by Crippen LogP contribution is 2.31. The Hall–Kier alpha value is -3.55. The van der Waals surface area contributed by atoms with E-state index in [-0.39, 0.29) is 24.9 Å². The zero-order chi connectivity index (χ0) is 20.6. The summed E-state index contributed by atoms with van der Waals surface area (Å²) in [6, 6.07) is 12.9. The van der Waals surface area contributed by atoms with Gasteiger partial charge in [0.25, 0.3) is 5.91 Å². The van der Waals surface area contributed by atoms with Crippen LogP contribution in [-0.4, -0.2) is 36.9 Å². The molecule has 3 rings (SSSR count). The number of carbonyl (C=O) groups excluding carboxylic acids is 1. The summed E-state index contributed by atoms with van der Waals surface area (Å²) in [4.78, 5) is 16.3. The number of nitrogens with one attached hydrogen (secondary N) is 1. The first-order valence-corrected chi connectivity index (χ1v) is 9.16. The fourth-order valence-electron chi connectivity index (χ4n) is 2.61. The number of nitrogens with zero attached hydrogens (tertiary/aromatic N) is 2. The van der Waals surface area contributed by atoms with Crippen LogP contribution in [-0.2, 0) is 17.8 Å². The number of hydrogen-bond acceptors (Lipinski definition) is 7. The maximum absolute atomic E-state index is 12.0. The number of benzene rings is 2. The van der Waals surface area contributed by atoms with Crippen molar-refractivity contribution in [1.82, 2.24) is 15.5 Å². The molecule has 2 aromatic carbocycles. The maximum atomic E-state index is 12.0. The number of amides is 1. The summed E-state index contributed by atoms with van der Waals surface area (Å²) >= 11 is 0. The number of carbonyl (C=O) groups is 1. The minimum Gasteiger partial charge on any atom is -0.497 e. The van der Waals surface area contributed by atoms with Crippen LogP contribution >= 0.6 is 0 Å². The van der Waals surface area contributed by atoms with Gasteiger partial charge in [-0.25, -0.2) is 0 Å². The molecule has 1 N–H and O–H groups in total. The molecule has 0 aliphatic heterocycles. The van der Waals surface area contributed by atoms with Crippen LogP contribution in [0.3, 0.4) is 0 Å². The van der Waals surface area contributed by atoms with Gasteiger partial charge in [0, 0.05) is 6.07 Å². The van der Waals surface area contributed by atoms with Crippen LogP contribution in [0, 0.1) is 0 Å². The molecule has 152 valence electrons. The Bertz CT molecular complexity index is 953. The highest BCUT2D eigenvalue weighted by molar-refractivity contribution is 5.77. The molecule has 0 saturated heterocycles. The monoisotopic (exact) mass is 397 g/mol. The van der Waals surface area contributed by atoms with E-state index in [9.17, 15) is 4.79 Å². The van der Waals surface area contributed by atoms with Gasteiger partial charge in [-0.3, -0.25) is 4.79 Å². The molecule has 0 unspecified atom stereocenters. The van der Waals surface area contributed by atoms with Gasteiger partial charge >= 0.3 is 0 Å². The van der Waals surface area contributed by atoms with Crippen molar-refractivity contribution in [3.05, 3.63) is 53.9 Å². The standard InChI is InChI=1S/C21H23N3O5/c1-4-14-5-7-15(8-6-14)28-13-19(25)22-12-20-23-21(24-29-20)17-10-9-16(26-2)11-18(17)27-3/h5-11H,4,12-13H2,1-3H3,(H,22,25). The molecule has 0 aliphatic rings. The minimum atomic E-state index is -0.286. The van der Waals surface area contributed by atoms with E-state index in [0.29, 0.717) is 28.6 Å². The van der Waals surface area contributed by atoms with Crippen LogP contribution in [0.1, 0.15) is 18.4 Å². The number of rotatable bonds is 9. The number of ether oxygens (including phenoxy) is 3. The van der Waals surface area contributed by atoms with Gasteiger partial charge in [-0.2, -0.15) is 4.98 Å². The predicted molar refractivity (Wildman–Crippen MR) is 106 cm³/mol. The summed E-state index contributed by atoms with van der Waals surface area (Å²) in [6.07, 6.45) is 0.954. The first kappa shape index (κ1) is 20.2. The zero-order valence-electron chi connectivity index (χ0n) is 16.6. The van der Waals surface area contributed by atoms with Crippen molar-refractivity contribution in [1.29, 1.82) is 0 Å². The highest BCUT2D eigenvalue weighted by atomic mass is 16.5. The van der Waals surface area contributed by atoms with E-state index in [1.165, 1.54) is 5.56 Å². The third-order valence-electron chi connectivity index (χ3n) is 4.26. The van der Waals surface area contributed by atoms with Crippen LogP contribution < -0.4 is 19.5 Å². The van der Waals surface area contributed by atoms with Crippen LogP contribution in [0.25, 0.3) is 11.4 Å². The molecule has 8 heteroatoms. The third-order valence-corrected chi connectivity index (χ3v) is 4.26. The smallest absolute Gasteiger partial charge is 0.258 e. The van der Waals surface area contributed by atoms with Crippen LogP contribution in [0.4, 0.5) is 0 Å².